The Hall–Kier alpha value is -1.76. The third-order valence-electron chi connectivity index (χ3n) is 2.92. The van der Waals surface area contributed by atoms with Gasteiger partial charge in [0.2, 0.25) is 5.75 Å². The van der Waals surface area contributed by atoms with Gasteiger partial charge in [0.15, 0.2) is 11.5 Å². The first-order valence-corrected chi connectivity index (χ1v) is 7.34. The molecule has 0 aromatic heterocycles. The molecule has 0 bridgehead atoms. The lowest BCUT2D eigenvalue weighted by atomic mass is 10.2. The van der Waals surface area contributed by atoms with Gasteiger partial charge < -0.3 is 14.2 Å². The van der Waals surface area contributed by atoms with Crippen molar-refractivity contribution in [3.05, 3.63) is 51.1 Å². The second kappa shape index (κ2) is 7.31. The van der Waals surface area contributed by atoms with Crippen molar-refractivity contribution in [1.29, 1.82) is 0 Å². The van der Waals surface area contributed by atoms with Gasteiger partial charge in [0.25, 0.3) is 0 Å². The maximum atomic E-state index is 10.9. The summed E-state index contributed by atoms with van der Waals surface area (Å²) in [5.74, 6) is 1.44. The first-order chi connectivity index (χ1) is 10.2. The van der Waals surface area contributed by atoms with Crippen LogP contribution in [0, 0.1) is 3.57 Å². The highest BCUT2D eigenvalue weighted by molar-refractivity contribution is 14.1. The van der Waals surface area contributed by atoms with Crippen LogP contribution in [-0.2, 0) is 6.61 Å². The minimum atomic E-state index is 0.393. The maximum Gasteiger partial charge on any atom is 0.203 e. The summed E-state index contributed by atoms with van der Waals surface area (Å²) in [6, 6.07) is 11.3. The molecule has 0 saturated carbocycles. The highest BCUT2D eigenvalue weighted by atomic mass is 127. The topological polar surface area (TPSA) is 44.8 Å². The summed E-state index contributed by atoms with van der Waals surface area (Å²) in [7, 11) is 3.06. The van der Waals surface area contributed by atoms with Crippen molar-refractivity contribution in [2.75, 3.05) is 14.2 Å². The average molecular weight is 398 g/mol. The molecule has 0 aliphatic rings. The van der Waals surface area contributed by atoms with Crippen LogP contribution in [0.2, 0.25) is 0 Å². The van der Waals surface area contributed by atoms with Crippen molar-refractivity contribution in [1.82, 2.24) is 0 Å². The number of rotatable bonds is 6. The largest absolute Gasteiger partial charge is 0.493 e. The molecule has 0 fully saturated rings. The first kappa shape index (κ1) is 15.6. The molecule has 0 atom stereocenters. The van der Waals surface area contributed by atoms with E-state index in [1.54, 1.807) is 12.1 Å². The van der Waals surface area contributed by atoms with Crippen molar-refractivity contribution < 1.29 is 19.0 Å². The van der Waals surface area contributed by atoms with E-state index in [1.165, 1.54) is 17.8 Å². The number of halogens is 1. The maximum absolute atomic E-state index is 10.9. The molecule has 0 saturated heterocycles. The van der Waals surface area contributed by atoms with Gasteiger partial charge >= 0.3 is 0 Å². The monoisotopic (exact) mass is 398 g/mol. The van der Waals surface area contributed by atoms with Crippen LogP contribution in [0.5, 0.6) is 17.2 Å². The molecule has 0 spiro atoms. The summed E-state index contributed by atoms with van der Waals surface area (Å²) in [6.45, 7) is 0.393. The van der Waals surface area contributed by atoms with E-state index in [2.05, 4.69) is 22.6 Å². The predicted octanol–water partition coefficient (Wildman–Crippen LogP) is 3.70. The Balaban J connectivity index is 2.25. The molecule has 0 amide bonds. The van der Waals surface area contributed by atoms with Crippen LogP contribution in [0.1, 0.15) is 15.9 Å². The summed E-state index contributed by atoms with van der Waals surface area (Å²) in [5.41, 5.74) is 1.52. The molecule has 2 aromatic carbocycles. The number of methoxy groups -OCH3 is 2. The zero-order valence-electron chi connectivity index (χ0n) is 11.8. The van der Waals surface area contributed by atoms with E-state index in [0.29, 0.717) is 29.4 Å². The minimum absolute atomic E-state index is 0.393. The van der Waals surface area contributed by atoms with Crippen LogP contribution in [0.4, 0.5) is 0 Å². The zero-order chi connectivity index (χ0) is 15.2. The zero-order valence-corrected chi connectivity index (χ0v) is 13.9. The molecule has 2 aromatic rings. The summed E-state index contributed by atoms with van der Waals surface area (Å²) in [5, 5.41) is 0. The van der Waals surface area contributed by atoms with Gasteiger partial charge in [0.05, 0.1) is 14.2 Å². The van der Waals surface area contributed by atoms with Crippen LogP contribution in [0.3, 0.4) is 0 Å². The van der Waals surface area contributed by atoms with E-state index >= 15 is 0 Å². The summed E-state index contributed by atoms with van der Waals surface area (Å²) >= 11 is 2.25. The number of hydrogen-bond donors (Lipinski definition) is 0. The van der Waals surface area contributed by atoms with Crippen molar-refractivity contribution >= 4 is 28.9 Å². The summed E-state index contributed by atoms with van der Waals surface area (Å²) in [6.07, 6.45) is 0.744. The lowest BCUT2D eigenvalue weighted by molar-refractivity contribution is 0.112. The molecule has 0 heterocycles. The van der Waals surface area contributed by atoms with Crippen LogP contribution in [0.25, 0.3) is 0 Å². The molecule has 21 heavy (non-hydrogen) atoms. The Morgan fingerprint density at radius 1 is 1.05 bits per heavy atom. The van der Waals surface area contributed by atoms with Crippen molar-refractivity contribution in [3.63, 3.8) is 0 Å². The fourth-order valence-electron chi connectivity index (χ4n) is 1.85. The smallest absolute Gasteiger partial charge is 0.203 e. The van der Waals surface area contributed by atoms with E-state index in [0.717, 1.165) is 11.8 Å². The van der Waals surface area contributed by atoms with E-state index in [4.69, 9.17) is 14.2 Å². The molecule has 0 aliphatic carbocycles. The highest BCUT2D eigenvalue weighted by Crippen LogP contribution is 2.38. The Labute approximate surface area is 137 Å². The standard InChI is InChI=1S/C16H15IO4/c1-19-14-7-12(9-18)8-15(20-2)16(14)21-10-11-3-5-13(17)6-4-11/h3-9H,10H2,1-2H3. The molecular weight excluding hydrogens is 383 g/mol. The van der Waals surface area contributed by atoms with Crippen LogP contribution in [0.15, 0.2) is 36.4 Å². The van der Waals surface area contributed by atoms with Gasteiger partial charge in [-0.3, -0.25) is 4.79 Å². The van der Waals surface area contributed by atoms with Crippen LogP contribution < -0.4 is 14.2 Å². The van der Waals surface area contributed by atoms with Gasteiger partial charge in [-0.25, -0.2) is 0 Å². The molecule has 0 radical (unpaired) electrons. The molecule has 2 rings (SSSR count). The fourth-order valence-corrected chi connectivity index (χ4v) is 2.21. The SMILES string of the molecule is COc1cc(C=O)cc(OC)c1OCc1ccc(I)cc1. The second-order valence-corrected chi connectivity index (χ2v) is 5.53. The van der Waals surface area contributed by atoms with Crippen LogP contribution in [-0.4, -0.2) is 20.5 Å². The third kappa shape index (κ3) is 3.87. The lowest BCUT2D eigenvalue weighted by Crippen LogP contribution is -2.01. The number of ether oxygens (including phenoxy) is 3. The van der Waals surface area contributed by atoms with Crippen molar-refractivity contribution in [2.45, 2.75) is 6.61 Å². The molecule has 0 aliphatic heterocycles. The van der Waals surface area contributed by atoms with E-state index < -0.39 is 0 Å². The normalized spacial score (nSPS) is 10.0. The highest BCUT2D eigenvalue weighted by Gasteiger charge is 2.14. The van der Waals surface area contributed by atoms with Gasteiger partial charge in [-0.1, -0.05) is 12.1 Å². The molecule has 110 valence electrons. The van der Waals surface area contributed by atoms with Crippen molar-refractivity contribution in [3.8, 4) is 17.2 Å². The first-order valence-electron chi connectivity index (χ1n) is 6.26. The van der Waals surface area contributed by atoms with E-state index in [1.807, 2.05) is 24.3 Å². The molecule has 5 heteroatoms. The Morgan fingerprint density at radius 3 is 2.10 bits per heavy atom. The van der Waals surface area contributed by atoms with Crippen molar-refractivity contribution in [2.24, 2.45) is 0 Å². The molecule has 0 N–H and O–H groups in total. The Kier molecular flexibility index (Phi) is 5.44. The Morgan fingerprint density at radius 2 is 1.62 bits per heavy atom. The molecule has 4 nitrogen and oxygen atoms in total. The van der Waals surface area contributed by atoms with Gasteiger partial charge in [0.1, 0.15) is 12.9 Å². The third-order valence-corrected chi connectivity index (χ3v) is 3.63. The van der Waals surface area contributed by atoms with E-state index in [9.17, 15) is 4.79 Å². The average Bonchev–Trinajstić information content (AvgIpc) is 2.53. The number of hydrogen-bond acceptors (Lipinski definition) is 4. The predicted molar refractivity (Wildman–Crippen MR) is 88.4 cm³/mol. The summed E-state index contributed by atoms with van der Waals surface area (Å²) < 4.78 is 17.5. The Bertz CT molecular complexity index is 598. The lowest BCUT2D eigenvalue weighted by Gasteiger charge is -2.15. The number of benzene rings is 2. The number of carbonyl (C=O) groups is 1. The number of carbonyl (C=O) groups excluding carboxylic acids is 1. The number of aldehydes is 1. The van der Waals surface area contributed by atoms with Gasteiger partial charge in [-0.05, 0) is 52.4 Å². The molecular formula is C16H15IO4. The van der Waals surface area contributed by atoms with E-state index in [-0.39, 0.29) is 0 Å². The minimum Gasteiger partial charge on any atom is -0.493 e. The van der Waals surface area contributed by atoms with Gasteiger partial charge in [-0.2, -0.15) is 0 Å². The van der Waals surface area contributed by atoms with Crippen LogP contribution >= 0.6 is 22.6 Å². The fraction of sp³-hybridized carbons (Fsp3) is 0.188. The quantitative estimate of drug-likeness (QED) is 0.550. The van der Waals surface area contributed by atoms with Gasteiger partial charge in [-0.15, -0.1) is 0 Å². The second-order valence-electron chi connectivity index (χ2n) is 4.29. The molecule has 0 unspecified atom stereocenters. The van der Waals surface area contributed by atoms with Gasteiger partial charge in [0, 0.05) is 9.13 Å². The summed E-state index contributed by atoms with van der Waals surface area (Å²) in [4.78, 5) is 10.9.